The van der Waals surface area contributed by atoms with Crippen LogP contribution in [0.15, 0.2) is 0 Å². The first-order chi connectivity index (χ1) is 7.37. The predicted octanol–water partition coefficient (Wildman–Crippen LogP) is 2.22. The van der Waals surface area contributed by atoms with Crippen LogP contribution in [0.3, 0.4) is 0 Å². The van der Waals surface area contributed by atoms with Gasteiger partial charge in [0.25, 0.3) is 0 Å². The molecular weight excluding hydrogens is 200 g/mol. The molecule has 16 heavy (non-hydrogen) atoms. The Morgan fingerprint density at radius 3 is 2.31 bits per heavy atom. The molecule has 1 rings (SSSR count). The Morgan fingerprint density at radius 2 is 1.88 bits per heavy atom. The molecule has 0 unspecified atom stereocenters. The summed E-state index contributed by atoms with van der Waals surface area (Å²) in [6.45, 7) is 10.6. The summed E-state index contributed by atoms with van der Waals surface area (Å²) in [5, 5.41) is 0. The molecular formula is C12H22N4. The molecule has 1 heterocycles. The number of anilines is 1. The first-order valence-corrected chi connectivity index (χ1v) is 5.70. The molecule has 0 fully saturated rings. The third-order valence-corrected chi connectivity index (χ3v) is 2.44. The molecule has 90 valence electrons. The van der Waals surface area contributed by atoms with Crippen molar-refractivity contribution in [3.63, 3.8) is 0 Å². The van der Waals surface area contributed by atoms with Crippen molar-refractivity contribution in [1.29, 1.82) is 0 Å². The minimum atomic E-state index is 0.187. The van der Waals surface area contributed by atoms with Crippen molar-refractivity contribution in [3.05, 3.63) is 17.1 Å². The van der Waals surface area contributed by atoms with Gasteiger partial charge in [-0.25, -0.2) is 15.8 Å². The Hall–Kier alpha value is -1.16. The summed E-state index contributed by atoms with van der Waals surface area (Å²) in [5.41, 5.74) is 4.96. The van der Waals surface area contributed by atoms with Crippen LogP contribution in [0.25, 0.3) is 0 Å². The highest BCUT2D eigenvalue weighted by Crippen LogP contribution is 2.22. The van der Waals surface area contributed by atoms with Gasteiger partial charge in [0.15, 0.2) is 0 Å². The molecule has 0 amide bonds. The highest BCUT2D eigenvalue weighted by Gasteiger charge is 2.16. The highest BCUT2D eigenvalue weighted by molar-refractivity contribution is 5.45. The van der Waals surface area contributed by atoms with Gasteiger partial charge in [-0.3, -0.25) is 0 Å². The molecule has 1 aromatic rings. The molecule has 3 N–H and O–H groups in total. The number of aromatic nitrogens is 2. The lowest BCUT2D eigenvalue weighted by Crippen LogP contribution is -2.18. The standard InChI is InChI=1S/C12H22N4/c1-6-9-8(2)14-10(7-12(3,4)5)15-11(9)16-13/h6-7,13H2,1-5H3,(H,14,15,16). The highest BCUT2D eigenvalue weighted by atomic mass is 15.3. The fourth-order valence-electron chi connectivity index (χ4n) is 1.75. The van der Waals surface area contributed by atoms with E-state index in [0.29, 0.717) is 0 Å². The van der Waals surface area contributed by atoms with Crippen molar-refractivity contribution in [1.82, 2.24) is 9.97 Å². The molecule has 0 aliphatic carbocycles. The normalized spacial score (nSPS) is 11.6. The lowest BCUT2D eigenvalue weighted by Gasteiger charge is -2.18. The van der Waals surface area contributed by atoms with Crippen LogP contribution in [-0.4, -0.2) is 9.97 Å². The molecule has 4 nitrogen and oxygen atoms in total. The van der Waals surface area contributed by atoms with Gasteiger partial charge in [0.1, 0.15) is 11.6 Å². The topological polar surface area (TPSA) is 63.8 Å². The number of nitrogens with zero attached hydrogens (tertiary/aromatic N) is 2. The molecule has 0 radical (unpaired) electrons. The third kappa shape index (κ3) is 3.17. The summed E-state index contributed by atoms with van der Waals surface area (Å²) in [7, 11) is 0. The van der Waals surface area contributed by atoms with Crippen molar-refractivity contribution in [2.24, 2.45) is 11.3 Å². The summed E-state index contributed by atoms with van der Waals surface area (Å²) in [6, 6.07) is 0. The first kappa shape index (κ1) is 12.9. The van der Waals surface area contributed by atoms with Gasteiger partial charge in [-0.2, -0.15) is 0 Å². The SMILES string of the molecule is CCc1c(C)nc(CC(C)(C)C)nc1NN. The quantitative estimate of drug-likeness (QED) is 0.608. The van der Waals surface area contributed by atoms with Crippen LogP contribution in [-0.2, 0) is 12.8 Å². The molecule has 0 bridgehead atoms. The smallest absolute Gasteiger partial charge is 0.147 e. The number of rotatable bonds is 3. The predicted molar refractivity (Wildman–Crippen MR) is 67.1 cm³/mol. The van der Waals surface area contributed by atoms with Gasteiger partial charge in [0, 0.05) is 17.7 Å². The number of hydrogen-bond acceptors (Lipinski definition) is 4. The number of nitrogens with one attached hydrogen (secondary N) is 1. The zero-order valence-corrected chi connectivity index (χ0v) is 10.9. The Kier molecular flexibility index (Phi) is 3.86. The monoisotopic (exact) mass is 222 g/mol. The van der Waals surface area contributed by atoms with E-state index in [-0.39, 0.29) is 5.41 Å². The summed E-state index contributed by atoms with van der Waals surface area (Å²) >= 11 is 0. The molecule has 1 aromatic heterocycles. The number of aryl methyl sites for hydroxylation is 1. The Balaban J connectivity index is 3.10. The summed E-state index contributed by atoms with van der Waals surface area (Å²) in [6.07, 6.45) is 1.74. The number of nitrogens with two attached hydrogens (primary N) is 1. The van der Waals surface area contributed by atoms with Gasteiger partial charge in [-0.15, -0.1) is 0 Å². The third-order valence-electron chi connectivity index (χ3n) is 2.44. The average molecular weight is 222 g/mol. The maximum Gasteiger partial charge on any atom is 0.147 e. The van der Waals surface area contributed by atoms with E-state index in [4.69, 9.17) is 5.84 Å². The van der Waals surface area contributed by atoms with Crippen molar-refractivity contribution >= 4 is 5.82 Å². The minimum absolute atomic E-state index is 0.187. The molecule has 0 saturated heterocycles. The van der Waals surface area contributed by atoms with Crippen LogP contribution in [0.5, 0.6) is 0 Å². The zero-order chi connectivity index (χ0) is 12.3. The van der Waals surface area contributed by atoms with E-state index >= 15 is 0 Å². The lowest BCUT2D eigenvalue weighted by atomic mass is 9.92. The largest absolute Gasteiger partial charge is 0.308 e. The second kappa shape index (κ2) is 4.78. The van der Waals surface area contributed by atoms with Gasteiger partial charge in [0.05, 0.1) is 0 Å². The lowest BCUT2D eigenvalue weighted by molar-refractivity contribution is 0.400. The maximum atomic E-state index is 5.49. The van der Waals surface area contributed by atoms with Crippen LogP contribution >= 0.6 is 0 Å². The summed E-state index contributed by atoms with van der Waals surface area (Å²) in [4.78, 5) is 8.99. The van der Waals surface area contributed by atoms with E-state index in [2.05, 4.69) is 43.1 Å². The fraction of sp³-hybridized carbons (Fsp3) is 0.667. The second-order valence-corrected chi connectivity index (χ2v) is 5.29. The number of hydrazine groups is 1. The van der Waals surface area contributed by atoms with Crippen LogP contribution in [0.4, 0.5) is 5.82 Å². The Labute approximate surface area is 97.7 Å². The number of hydrogen-bond donors (Lipinski definition) is 2. The second-order valence-electron chi connectivity index (χ2n) is 5.29. The van der Waals surface area contributed by atoms with E-state index in [0.717, 1.165) is 35.7 Å². The maximum absolute atomic E-state index is 5.49. The van der Waals surface area contributed by atoms with Crippen molar-refractivity contribution in [2.75, 3.05) is 5.43 Å². The molecule has 0 aliphatic heterocycles. The summed E-state index contributed by atoms with van der Waals surface area (Å²) < 4.78 is 0. The first-order valence-electron chi connectivity index (χ1n) is 5.70. The minimum Gasteiger partial charge on any atom is -0.308 e. The van der Waals surface area contributed by atoms with E-state index in [1.807, 2.05) is 6.92 Å². The van der Waals surface area contributed by atoms with Crippen LogP contribution in [0.1, 0.15) is 44.8 Å². The van der Waals surface area contributed by atoms with Crippen molar-refractivity contribution in [3.8, 4) is 0 Å². The molecule has 4 heteroatoms. The number of nitrogen functional groups attached to an aromatic ring is 1. The average Bonchev–Trinajstić information content (AvgIpc) is 2.14. The Bertz CT molecular complexity index is 366. The fourth-order valence-corrected chi connectivity index (χ4v) is 1.75. The van der Waals surface area contributed by atoms with E-state index in [9.17, 15) is 0 Å². The van der Waals surface area contributed by atoms with E-state index in [1.165, 1.54) is 0 Å². The van der Waals surface area contributed by atoms with Gasteiger partial charge in [-0.1, -0.05) is 27.7 Å². The van der Waals surface area contributed by atoms with Crippen LogP contribution < -0.4 is 11.3 Å². The van der Waals surface area contributed by atoms with Gasteiger partial charge in [0.2, 0.25) is 0 Å². The molecule has 0 aliphatic rings. The van der Waals surface area contributed by atoms with Gasteiger partial charge >= 0.3 is 0 Å². The van der Waals surface area contributed by atoms with Crippen molar-refractivity contribution < 1.29 is 0 Å². The van der Waals surface area contributed by atoms with E-state index in [1.54, 1.807) is 0 Å². The molecule has 0 atom stereocenters. The zero-order valence-electron chi connectivity index (χ0n) is 10.9. The Morgan fingerprint density at radius 1 is 1.25 bits per heavy atom. The molecule has 0 aromatic carbocycles. The molecule has 0 saturated carbocycles. The van der Waals surface area contributed by atoms with E-state index < -0.39 is 0 Å². The van der Waals surface area contributed by atoms with Crippen LogP contribution in [0, 0.1) is 12.3 Å². The van der Waals surface area contributed by atoms with Gasteiger partial charge in [-0.05, 0) is 18.8 Å². The van der Waals surface area contributed by atoms with Crippen molar-refractivity contribution in [2.45, 2.75) is 47.5 Å². The van der Waals surface area contributed by atoms with Gasteiger partial charge < -0.3 is 5.43 Å². The molecule has 0 spiro atoms. The van der Waals surface area contributed by atoms with Crippen LogP contribution in [0.2, 0.25) is 0 Å². The summed E-state index contributed by atoms with van der Waals surface area (Å²) in [5.74, 6) is 7.10.